The number of hydrogen-bond acceptors (Lipinski definition) is 1. The highest BCUT2D eigenvalue weighted by molar-refractivity contribution is 6.08. The molecular weight excluding hydrogens is 109 g/mol. The van der Waals surface area contributed by atoms with Gasteiger partial charge in [0.05, 0.1) is 7.85 Å². The minimum absolute atomic E-state index is 0.341. The van der Waals surface area contributed by atoms with E-state index < -0.39 is 0 Å². The van der Waals surface area contributed by atoms with Gasteiger partial charge < -0.3 is 5.73 Å². The SMILES string of the molecule is [B]CCCC(N)C(C)C. The molecule has 0 rings (SSSR count). The molecule has 0 spiro atoms. The summed E-state index contributed by atoms with van der Waals surface area (Å²) in [5.74, 6) is 0.594. The van der Waals surface area contributed by atoms with Gasteiger partial charge in [0.1, 0.15) is 0 Å². The molecule has 0 fully saturated rings. The Morgan fingerprint density at radius 2 is 2.00 bits per heavy atom. The smallest absolute Gasteiger partial charge is 0.0653 e. The van der Waals surface area contributed by atoms with Crippen LogP contribution in [0.4, 0.5) is 0 Å². The lowest BCUT2D eigenvalue weighted by atomic mass is 9.94. The van der Waals surface area contributed by atoms with E-state index in [0.29, 0.717) is 12.0 Å². The summed E-state index contributed by atoms with van der Waals surface area (Å²) in [7, 11) is 5.32. The number of nitrogens with two attached hydrogens (primary N) is 1. The van der Waals surface area contributed by atoms with Crippen molar-refractivity contribution >= 4 is 7.85 Å². The van der Waals surface area contributed by atoms with Crippen molar-refractivity contribution in [1.29, 1.82) is 0 Å². The van der Waals surface area contributed by atoms with Gasteiger partial charge in [-0.25, -0.2) is 0 Å². The van der Waals surface area contributed by atoms with Crippen molar-refractivity contribution in [2.75, 3.05) is 0 Å². The Morgan fingerprint density at radius 3 is 2.33 bits per heavy atom. The molecule has 0 aliphatic carbocycles. The van der Waals surface area contributed by atoms with Gasteiger partial charge in [-0.05, 0) is 12.3 Å². The zero-order valence-electron chi connectivity index (χ0n) is 6.43. The van der Waals surface area contributed by atoms with Crippen molar-refractivity contribution < 1.29 is 0 Å². The quantitative estimate of drug-likeness (QED) is 0.563. The first-order chi connectivity index (χ1) is 4.18. The van der Waals surface area contributed by atoms with E-state index in [0.717, 1.165) is 19.2 Å². The van der Waals surface area contributed by atoms with Crippen molar-refractivity contribution in [2.45, 2.75) is 39.1 Å². The highest BCUT2D eigenvalue weighted by Gasteiger charge is 2.04. The van der Waals surface area contributed by atoms with Crippen LogP contribution in [0.1, 0.15) is 26.7 Å². The summed E-state index contributed by atoms with van der Waals surface area (Å²) >= 11 is 0. The van der Waals surface area contributed by atoms with Crippen LogP contribution >= 0.6 is 0 Å². The molecule has 2 heteroatoms. The molecule has 0 aromatic rings. The zero-order chi connectivity index (χ0) is 7.28. The van der Waals surface area contributed by atoms with Crippen LogP contribution in [-0.4, -0.2) is 13.9 Å². The lowest BCUT2D eigenvalue weighted by molar-refractivity contribution is 0.460. The van der Waals surface area contributed by atoms with E-state index >= 15 is 0 Å². The summed E-state index contributed by atoms with van der Waals surface area (Å²) in [4.78, 5) is 0. The van der Waals surface area contributed by atoms with E-state index in [-0.39, 0.29) is 0 Å². The van der Waals surface area contributed by atoms with Crippen molar-refractivity contribution in [2.24, 2.45) is 11.7 Å². The molecule has 0 saturated carbocycles. The van der Waals surface area contributed by atoms with E-state index in [9.17, 15) is 0 Å². The van der Waals surface area contributed by atoms with Gasteiger partial charge in [-0.15, -0.1) is 0 Å². The molecule has 0 aliphatic heterocycles. The van der Waals surface area contributed by atoms with Crippen LogP contribution in [0, 0.1) is 5.92 Å². The Hall–Kier alpha value is 0.0249. The predicted molar refractivity (Wildman–Crippen MR) is 42.6 cm³/mol. The second-order valence-corrected chi connectivity index (χ2v) is 2.84. The average molecular weight is 125 g/mol. The normalized spacial score (nSPS) is 14.2. The van der Waals surface area contributed by atoms with Gasteiger partial charge in [0.15, 0.2) is 0 Å². The second-order valence-electron chi connectivity index (χ2n) is 2.84. The van der Waals surface area contributed by atoms with Crippen molar-refractivity contribution in [1.82, 2.24) is 0 Å². The van der Waals surface area contributed by atoms with Gasteiger partial charge in [-0.1, -0.05) is 26.6 Å². The third kappa shape index (κ3) is 4.52. The molecule has 2 radical (unpaired) electrons. The summed E-state index contributed by atoms with van der Waals surface area (Å²) in [6.45, 7) is 4.28. The van der Waals surface area contributed by atoms with E-state index in [4.69, 9.17) is 13.6 Å². The van der Waals surface area contributed by atoms with Gasteiger partial charge in [-0.3, -0.25) is 0 Å². The van der Waals surface area contributed by atoms with Crippen LogP contribution in [0.3, 0.4) is 0 Å². The average Bonchev–Trinajstić information content (AvgIpc) is 1.82. The molecule has 2 N–H and O–H groups in total. The van der Waals surface area contributed by atoms with E-state index in [2.05, 4.69) is 13.8 Å². The summed E-state index contributed by atoms with van der Waals surface area (Å²) in [5.41, 5.74) is 5.75. The van der Waals surface area contributed by atoms with E-state index in [1.165, 1.54) is 0 Å². The summed E-state index contributed by atoms with van der Waals surface area (Å²) in [5, 5.41) is 0. The molecule has 0 bridgehead atoms. The first-order valence-corrected chi connectivity index (χ1v) is 3.64. The Morgan fingerprint density at radius 1 is 1.44 bits per heavy atom. The van der Waals surface area contributed by atoms with Crippen molar-refractivity contribution in [3.8, 4) is 0 Å². The number of rotatable bonds is 4. The standard InChI is InChI=1S/C7H16BN/c1-6(2)7(9)4-3-5-8/h6-7H,3-5,9H2,1-2H3. The minimum Gasteiger partial charge on any atom is -0.327 e. The van der Waals surface area contributed by atoms with Crippen LogP contribution in [0.2, 0.25) is 6.32 Å². The molecule has 1 atom stereocenters. The summed E-state index contributed by atoms with van der Waals surface area (Å²) in [6, 6.07) is 0.341. The van der Waals surface area contributed by atoms with Crippen LogP contribution in [0.25, 0.3) is 0 Å². The molecule has 0 heterocycles. The third-order valence-electron chi connectivity index (χ3n) is 1.60. The lowest BCUT2D eigenvalue weighted by Crippen LogP contribution is -2.25. The molecule has 52 valence electrons. The fraction of sp³-hybridized carbons (Fsp3) is 1.00. The highest BCUT2D eigenvalue weighted by Crippen LogP contribution is 2.05. The molecule has 9 heavy (non-hydrogen) atoms. The first kappa shape index (κ1) is 9.02. The molecule has 1 unspecified atom stereocenters. The largest absolute Gasteiger partial charge is 0.327 e. The summed E-state index contributed by atoms with van der Waals surface area (Å²) < 4.78 is 0. The zero-order valence-corrected chi connectivity index (χ0v) is 6.43. The Labute approximate surface area is 59.4 Å². The molecule has 0 aromatic heterocycles. The lowest BCUT2D eigenvalue weighted by Gasteiger charge is -2.13. The predicted octanol–water partition coefficient (Wildman–Crippen LogP) is 1.34. The maximum Gasteiger partial charge on any atom is 0.0653 e. The molecular formula is C7H16BN. The first-order valence-electron chi connectivity index (χ1n) is 3.64. The van der Waals surface area contributed by atoms with Crippen LogP contribution < -0.4 is 5.73 Å². The van der Waals surface area contributed by atoms with Crippen LogP contribution in [-0.2, 0) is 0 Å². The molecule has 0 aromatic carbocycles. The van der Waals surface area contributed by atoms with E-state index in [1.54, 1.807) is 0 Å². The number of hydrogen-bond donors (Lipinski definition) is 1. The molecule has 1 nitrogen and oxygen atoms in total. The maximum absolute atomic E-state index is 5.75. The van der Waals surface area contributed by atoms with Gasteiger partial charge in [0.25, 0.3) is 0 Å². The van der Waals surface area contributed by atoms with Crippen molar-refractivity contribution in [3.05, 3.63) is 0 Å². The van der Waals surface area contributed by atoms with Gasteiger partial charge in [-0.2, -0.15) is 0 Å². The fourth-order valence-corrected chi connectivity index (χ4v) is 0.687. The second kappa shape index (κ2) is 4.86. The van der Waals surface area contributed by atoms with Crippen LogP contribution in [0.5, 0.6) is 0 Å². The Bertz CT molecular complexity index is 63.9. The van der Waals surface area contributed by atoms with Gasteiger partial charge >= 0.3 is 0 Å². The molecule has 0 aliphatic rings. The van der Waals surface area contributed by atoms with Crippen LogP contribution in [0.15, 0.2) is 0 Å². The topological polar surface area (TPSA) is 26.0 Å². The highest BCUT2D eigenvalue weighted by atomic mass is 14.6. The fourth-order valence-electron chi connectivity index (χ4n) is 0.687. The summed E-state index contributed by atoms with van der Waals surface area (Å²) in [6.07, 6.45) is 2.88. The monoisotopic (exact) mass is 125 g/mol. The Balaban J connectivity index is 3.16. The molecule has 0 saturated heterocycles. The van der Waals surface area contributed by atoms with Gasteiger partial charge in [0.2, 0.25) is 0 Å². The maximum atomic E-state index is 5.75. The van der Waals surface area contributed by atoms with Gasteiger partial charge in [0, 0.05) is 6.04 Å². The minimum atomic E-state index is 0.341. The molecule has 0 amide bonds. The third-order valence-corrected chi connectivity index (χ3v) is 1.60. The van der Waals surface area contributed by atoms with Crippen molar-refractivity contribution in [3.63, 3.8) is 0 Å². The Kier molecular flexibility index (Phi) is 4.88. The van der Waals surface area contributed by atoms with E-state index in [1.807, 2.05) is 0 Å².